The summed E-state index contributed by atoms with van der Waals surface area (Å²) in [5.74, 6) is 0.845. The average Bonchev–Trinajstić information content (AvgIpc) is 2.57. The minimum atomic E-state index is 0.203. The quantitative estimate of drug-likeness (QED) is 0.745. The van der Waals surface area contributed by atoms with Gasteiger partial charge in [0.15, 0.2) is 0 Å². The lowest BCUT2D eigenvalue weighted by Gasteiger charge is -2.11. The number of halogens is 1. The van der Waals surface area contributed by atoms with Crippen molar-refractivity contribution in [1.29, 1.82) is 0 Å². The zero-order valence-electron chi connectivity index (χ0n) is 7.07. The van der Waals surface area contributed by atoms with Crippen LogP contribution in [-0.2, 0) is 4.74 Å². The first-order chi connectivity index (χ1) is 6.34. The van der Waals surface area contributed by atoms with Gasteiger partial charge in [0.1, 0.15) is 16.5 Å². The molecule has 1 aliphatic heterocycles. The van der Waals surface area contributed by atoms with Gasteiger partial charge in [0.25, 0.3) is 0 Å². The largest absolute Gasteiger partial charge is 0.488 e. The van der Waals surface area contributed by atoms with E-state index in [0.717, 1.165) is 23.4 Å². The molecule has 1 aromatic rings. The Morgan fingerprint density at radius 1 is 1.62 bits per heavy atom. The summed E-state index contributed by atoms with van der Waals surface area (Å²) in [6.07, 6.45) is 2.89. The van der Waals surface area contributed by atoms with Gasteiger partial charge in [-0.3, -0.25) is 0 Å². The van der Waals surface area contributed by atoms with E-state index in [1.807, 2.05) is 12.1 Å². The standard InChI is InChI=1S/C9H10BrNO2/c10-9-5-7(1-3-11-9)13-8-2-4-12-6-8/h1,3,5,8H,2,4,6H2. The van der Waals surface area contributed by atoms with Gasteiger partial charge in [-0.15, -0.1) is 0 Å². The van der Waals surface area contributed by atoms with Crippen LogP contribution in [0.4, 0.5) is 0 Å². The van der Waals surface area contributed by atoms with Gasteiger partial charge in [-0.2, -0.15) is 0 Å². The number of pyridine rings is 1. The fourth-order valence-corrected chi connectivity index (χ4v) is 1.60. The summed E-state index contributed by atoms with van der Waals surface area (Å²) in [6, 6.07) is 3.71. The summed E-state index contributed by atoms with van der Waals surface area (Å²) >= 11 is 3.29. The van der Waals surface area contributed by atoms with E-state index in [2.05, 4.69) is 20.9 Å². The molecule has 0 aliphatic carbocycles. The van der Waals surface area contributed by atoms with Crippen LogP contribution >= 0.6 is 15.9 Å². The van der Waals surface area contributed by atoms with Crippen LogP contribution in [0, 0.1) is 0 Å². The van der Waals surface area contributed by atoms with Crippen molar-refractivity contribution in [1.82, 2.24) is 4.98 Å². The van der Waals surface area contributed by atoms with Crippen molar-refractivity contribution in [3.63, 3.8) is 0 Å². The normalized spacial score (nSPS) is 21.8. The molecule has 70 valence electrons. The van der Waals surface area contributed by atoms with E-state index in [4.69, 9.17) is 9.47 Å². The Labute approximate surface area is 85.2 Å². The van der Waals surface area contributed by atoms with Crippen LogP contribution in [0.2, 0.25) is 0 Å². The fraction of sp³-hybridized carbons (Fsp3) is 0.444. The predicted octanol–water partition coefficient (Wildman–Crippen LogP) is 2.01. The molecule has 1 saturated heterocycles. The van der Waals surface area contributed by atoms with Gasteiger partial charge in [0.05, 0.1) is 13.2 Å². The Kier molecular flexibility index (Phi) is 2.80. The molecule has 0 N–H and O–H groups in total. The maximum Gasteiger partial charge on any atom is 0.124 e. The molecule has 1 aliphatic rings. The molecule has 1 aromatic heterocycles. The van der Waals surface area contributed by atoms with Gasteiger partial charge in [-0.25, -0.2) is 4.98 Å². The van der Waals surface area contributed by atoms with Crippen molar-refractivity contribution >= 4 is 15.9 Å². The summed E-state index contributed by atoms with van der Waals surface area (Å²) in [5, 5.41) is 0. The van der Waals surface area contributed by atoms with Gasteiger partial charge in [0, 0.05) is 18.7 Å². The van der Waals surface area contributed by atoms with E-state index < -0.39 is 0 Å². The van der Waals surface area contributed by atoms with Crippen LogP contribution in [0.15, 0.2) is 22.9 Å². The molecule has 1 unspecified atom stereocenters. The summed E-state index contributed by atoms with van der Waals surface area (Å²) in [6.45, 7) is 1.50. The Hall–Kier alpha value is -0.610. The molecular weight excluding hydrogens is 234 g/mol. The minimum absolute atomic E-state index is 0.203. The second kappa shape index (κ2) is 4.07. The van der Waals surface area contributed by atoms with E-state index in [1.165, 1.54) is 0 Å². The highest BCUT2D eigenvalue weighted by Gasteiger charge is 2.16. The predicted molar refractivity (Wildman–Crippen MR) is 51.8 cm³/mol. The SMILES string of the molecule is Brc1cc(OC2CCOC2)ccn1. The molecular formula is C9H10BrNO2. The highest BCUT2D eigenvalue weighted by Crippen LogP contribution is 2.19. The molecule has 3 nitrogen and oxygen atoms in total. The first-order valence-corrected chi connectivity index (χ1v) is 5.00. The molecule has 0 bridgehead atoms. The van der Waals surface area contributed by atoms with Gasteiger partial charge >= 0.3 is 0 Å². The van der Waals surface area contributed by atoms with E-state index >= 15 is 0 Å². The Bertz CT molecular complexity index is 287. The fourth-order valence-electron chi connectivity index (χ4n) is 1.26. The second-order valence-corrected chi connectivity index (χ2v) is 3.73. The number of nitrogens with zero attached hydrogens (tertiary/aromatic N) is 1. The zero-order valence-corrected chi connectivity index (χ0v) is 8.66. The Balaban J connectivity index is 2.00. The molecule has 1 fully saturated rings. The third-order valence-corrected chi connectivity index (χ3v) is 2.32. The molecule has 1 atom stereocenters. The Morgan fingerprint density at radius 2 is 2.54 bits per heavy atom. The van der Waals surface area contributed by atoms with Gasteiger partial charge in [-0.1, -0.05) is 0 Å². The van der Waals surface area contributed by atoms with E-state index in [1.54, 1.807) is 6.20 Å². The number of hydrogen-bond acceptors (Lipinski definition) is 3. The van der Waals surface area contributed by atoms with Gasteiger partial charge in [-0.05, 0) is 22.0 Å². The van der Waals surface area contributed by atoms with E-state index in [0.29, 0.717) is 6.61 Å². The maximum atomic E-state index is 5.66. The van der Waals surface area contributed by atoms with Crippen LogP contribution in [0.1, 0.15) is 6.42 Å². The summed E-state index contributed by atoms with van der Waals surface area (Å²) in [7, 11) is 0. The average molecular weight is 244 g/mol. The smallest absolute Gasteiger partial charge is 0.124 e. The monoisotopic (exact) mass is 243 g/mol. The van der Waals surface area contributed by atoms with Gasteiger partial charge in [0.2, 0.25) is 0 Å². The lowest BCUT2D eigenvalue weighted by molar-refractivity contribution is 0.141. The maximum absolute atomic E-state index is 5.66. The number of rotatable bonds is 2. The van der Waals surface area contributed by atoms with Crippen LogP contribution < -0.4 is 4.74 Å². The van der Waals surface area contributed by atoms with Crippen molar-refractivity contribution in [2.75, 3.05) is 13.2 Å². The topological polar surface area (TPSA) is 31.4 Å². The highest BCUT2D eigenvalue weighted by atomic mass is 79.9. The van der Waals surface area contributed by atoms with Crippen LogP contribution in [0.5, 0.6) is 5.75 Å². The van der Waals surface area contributed by atoms with Crippen molar-refractivity contribution in [3.8, 4) is 5.75 Å². The number of ether oxygens (including phenoxy) is 2. The summed E-state index contributed by atoms with van der Waals surface area (Å²) in [4.78, 5) is 4.02. The van der Waals surface area contributed by atoms with E-state index in [-0.39, 0.29) is 6.10 Å². The van der Waals surface area contributed by atoms with Crippen molar-refractivity contribution < 1.29 is 9.47 Å². The van der Waals surface area contributed by atoms with Crippen molar-refractivity contribution in [2.45, 2.75) is 12.5 Å². The lowest BCUT2D eigenvalue weighted by atomic mass is 10.3. The summed E-state index contributed by atoms with van der Waals surface area (Å²) in [5.41, 5.74) is 0. The molecule has 0 amide bonds. The zero-order chi connectivity index (χ0) is 9.10. The second-order valence-electron chi connectivity index (χ2n) is 2.92. The van der Waals surface area contributed by atoms with E-state index in [9.17, 15) is 0 Å². The van der Waals surface area contributed by atoms with Gasteiger partial charge < -0.3 is 9.47 Å². The first kappa shape index (κ1) is 8.97. The van der Waals surface area contributed by atoms with Crippen LogP contribution in [0.3, 0.4) is 0 Å². The first-order valence-electron chi connectivity index (χ1n) is 4.20. The molecule has 13 heavy (non-hydrogen) atoms. The van der Waals surface area contributed by atoms with Crippen LogP contribution in [0.25, 0.3) is 0 Å². The third-order valence-electron chi connectivity index (χ3n) is 1.89. The van der Waals surface area contributed by atoms with Crippen molar-refractivity contribution in [2.24, 2.45) is 0 Å². The highest BCUT2D eigenvalue weighted by molar-refractivity contribution is 9.10. The summed E-state index contributed by atoms with van der Waals surface area (Å²) < 4.78 is 11.7. The molecule has 0 radical (unpaired) electrons. The number of hydrogen-bond donors (Lipinski definition) is 0. The van der Waals surface area contributed by atoms with Crippen LogP contribution in [-0.4, -0.2) is 24.3 Å². The van der Waals surface area contributed by atoms with Crippen molar-refractivity contribution in [3.05, 3.63) is 22.9 Å². The number of aromatic nitrogens is 1. The molecule has 0 saturated carbocycles. The molecule has 2 heterocycles. The lowest BCUT2D eigenvalue weighted by Crippen LogP contribution is -2.15. The Morgan fingerprint density at radius 3 is 3.23 bits per heavy atom. The molecule has 4 heteroatoms. The molecule has 0 aromatic carbocycles. The minimum Gasteiger partial charge on any atom is -0.488 e. The third kappa shape index (κ3) is 2.42. The molecule has 2 rings (SSSR count). The molecule has 0 spiro atoms.